The van der Waals surface area contributed by atoms with Gasteiger partial charge in [0.2, 0.25) is 0 Å². The lowest BCUT2D eigenvalue weighted by Gasteiger charge is -2.16. The van der Waals surface area contributed by atoms with E-state index >= 15 is 0 Å². The first-order chi connectivity index (χ1) is 9.90. The molecule has 0 bridgehead atoms. The summed E-state index contributed by atoms with van der Waals surface area (Å²) in [7, 11) is 1.62. The number of aromatic carboxylic acids is 1. The molecule has 0 unspecified atom stereocenters. The molecule has 0 aliphatic carbocycles. The van der Waals surface area contributed by atoms with Crippen molar-refractivity contribution in [3.63, 3.8) is 0 Å². The van der Waals surface area contributed by atoms with Crippen LogP contribution in [0.5, 0.6) is 0 Å². The summed E-state index contributed by atoms with van der Waals surface area (Å²) in [5, 5.41) is 8.99. The molecule has 6 heteroatoms. The number of carbonyl (C=O) groups excluding carboxylic acids is 1. The standard InChI is InChI=1S/C15H16N2O4/c1-9-5-4-6-16-13(9)14(18)17(3)8-11-7-12(15(19)20)10(2)21-11/h4-7H,8H2,1-3H3,(H,19,20). The first kappa shape index (κ1) is 14.8. The Morgan fingerprint density at radius 2 is 2.10 bits per heavy atom. The quantitative estimate of drug-likeness (QED) is 0.933. The molecule has 2 rings (SSSR count). The zero-order valence-corrected chi connectivity index (χ0v) is 12.1. The first-order valence-corrected chi connectivity index (χ1v) is 6.40. The predicted octanol–water partition coefficient (Wildman–Crippen LogP) is 2.26. The second kappa shape index (κ2) is 5.78. The molecule has 0 saturated carbocycles. The highest BCUT2D eigenvalue weighted by atomic mass is 16.4. The third-order valence-electron chi connectivity index (χ3n) is 3.15. The molecule has 110 valence electrons. The fourth-order valence-corrected chi connectivity index (χ4v) is 2.03. The summed E-state index contributed by atoms with van der Waals surface area (Å²) in [5.41, 5.74) is 1.28. The van der Waals surface area contributed by atoms with Crippen molar-refractivity contribution in [3.05, 3.63) is 52.7 Å². The van der Waals surface area contributed by atoms with E-state index in [1.165, 1.54) is 11.0 Å². The molecule has 0 aliphatic rings. The van der Waals surface area contributed by atoms with Crippen molar-refractivity contribution in [1.29, 1.82) is 0 Å². The number of furan rings is 1. The number of hydrogen-bond donors (Lipinski definition) is 1. The van der Waals surface area contributed by atoms with Crippen molar-refractivity contribution in [2.75, 3.05) is 7.05 Å². The van der Waals surface area contributed by atoms with E-state index in [-0.39, 0.29) is 18.0 Å². The van der Waals surface area contributed by atoms with Crippen LogP contribution in [0.4, 0.5) is 0 Å². The van der Waals surface area contributed by atoms with Crippen LogP contribution >= 0.6 is 0 Å². The van der Waals surface area contributed by atoms with Gasteiger partial charge in [0, 0.05) is 13.2 Å². The lowest BCUT2D eigenvalue weighted by atomic mass is 10.2. The van der Waals surface area contributed by atoms with Crippen LogP contribution in [0.3, 0.4) is 0 Å². The number of carboxylic acids is 1. The van der Waals surface area contributed by atoms with E-state index < -0.39 is 5.97 Å². The minimum atomic E-state index is -1.04. The van der Waals surface area contributed by atoms with Crippen LogP contribution in [0.2, 0.25) is 0 Å². The molecule has 0 aliphatic heterocycles. The van der Waals surface area contributed by atoms with E-state index in [9.17, 15) is 9.59 Å². The van der Waals surface area contributed by atoms with Gasteiger partial charge in [-0.25, -0.2) is 4.79 Å². The summed E-state index contributed by atoms with van der Waals surface area (Å²) in [4.78, 5) is 28.8. The number of nitrogens with zero attached hydrogens (tertiary/aromatic N) is 2. The number of rotatable bonds is 4. The molecular weight excluding hydrogens is 272 g/mol. The van der Waals surface area contributed by atoms with Gasteiger partial charge in [0.05, 0.1) is 6.54 Å². The number of carboxylic acid groups (broad SMARTS) is 1. The maximum atomic E-state index is 12.3. The highest BCUT2D eigenvalue weighted by Crippen LogP contribution is 2.17. The Bertz CT molecular complexity index is 691. The van der Waals surface area contributed by atoms with Crippen LogP contribution in [0, 0.1) is 13.8 Å². The SMILES string of the molecule is Cc1cccnc1C(=O)N(C)Cc1cc(C(=O)O)c(C)o1. The summed E-state index contributed by atoms with van der Waals surface area (Å²) >= 11 is 0. The Labute approximate surface area is 122 Å². The van der Waals surface area contributed by atoms with Gasteiger partial charge in [0.15, 0.2) is 0 Å². The van der Waals surface area contributed by atoms with E-state index in [0.717, 1.165) is 5.56 Å². The van der Waals surface area contributed by atoms with E-state index in [4.69, 9.17) is 9.52 Å². The van der Waals surface area contributed by atoms with E-state index in [0.29, 0.717) is 17.2 Å². The van der Waals surface area contributed by atoms with Crippen LogP contribution in [0.1, 0.15) is 37.9 Å². The fourth-order valence-electron chi connectivity index (χ4n) is 2.03. The Kier molecular flexibility index (Phi) is 4.07. The molecular formula is C15H16N2O4. The summed E-state index contributed by atoms with van der Waals surface area (Å²) in [6, 6.07) is 5.02. The van der Waals surface area contributed by atoms with Gasteiger partial charge in [-0.05, 0) is 31.5 Å². The molecule has 1 amide bonds. The zero-order valence-electron chi connectivity index (χ0n) is 12.1. The van der Waals surface area contributed by atoms with Crippen LogP contribution in [-0.2, 0) is 6.54 Å². The van der Waals surface area contributed by atoms with Gasteiger partial charge in [0.1, 0.15) is 22.8 Å². The molecule has 6 nitrogen and oxygen atoms in total. The largest absolute Gasteiger partial charge is 0.478 e. The number of aromatic nitrogens is 1. The first-order valence-electron chi connectivity index (χ1n) is 6.40. The molecule has 2 aromatic heterocycles. The van der Waals surface area contributed by atoms with Gasteiger partial charge in [-0.2, -0.15) is 0 Å². The Hall–Kier alpha value is -2.63. The van der Waals surface area contributed by atoms with Gasteiger partial charge >= 0.3 is 5.97 Å². The van der Waals surface area contributed by atoms with E-state index in [1.807, 2.05) is 13.0 Å². The van der Waals surface area contributed by atoms with Crippen molar-refractivity contribution < 1.29 is 19.1 Å². The highest BCUT2D eigenvalue weighted by Gasteiger charge is 2.19. The van der Waals surface area contributed by atoms with Crippen molar-refractivity contribution >= 4 is 11.9 Å². The summed E-state index contributed by atoms with van der Waals surface area (Å²) < 4.78 is 5.37. The Morgan fingerprint density at radius 1 is 1.38 bits per heavy atom. The highest BCUT2D eigenvalue weighted by molar-refractivity contribution is 5.93. The lowest BCUT2D eigenvalue weighted by molar-refractivity contribution is 0.0694. The molecule has 21 heavy (non-hydrogen) atoms. The third-order valence-corrected chi connectivity index (χ3v) is 3.15. The van der Waals surface area contributed by atoms with Gasteiger partial charge in [-0.15, -0.1) is 0 Å². The average Bonchev–Trinajstić information content (AvgIpc) is 2.79. The number of hydrogen-bond acceptors (Lipinski definition) is 4. The van der Waals surface area contributed by atoms with Gasteiger partial charge in [-0.3, -0.25) is 9.78 Å². The molecule has 0 spiro atoms. The zero-order chi connectivity index (χ0) is 15.6. The summed E-state index contributed by atoms with van der Waals surface area (Å²) in [5.74, 6) is -0.530. The minimum Gasteiger partial charge on any atom is -0.478 e. The topological polar surface area (TPSA) is 83.6 Å². The molecule has 2 heterocycles. The smallest absolute Gasteiger partial charge is 0.339 e. The van der Waals surface area contributed by atoms with Gasteiger partial charge in [0.25, 0.3) is 5.91 Å². The van der Waals surface area contributed by atoms with Crippen LogP contribution in [0.15, 0.2) is 28.8 Å². The van der Waals surface area contributed by atoms with Crippen molar-refractivity contribution in [2.24, 2.45) is 0 Å². The molecule has 0 aromatic carbocycles. The molecule has 0 radical (unpaired) electrons. The van der Waals surface area contributed by atoms with E-state index in [2.05, 4.69) is 4.98 Å². The van der Waals surface area contributed by atoms with Crippen molar-refractivity contribution in [1.82, 2.24) is 9.88 Å². The second-order valence-electron chi connectivity index (χ2n) is 4.82. The molecule has 2 aromatic rings. The number of carbonyl (C=O) groups is 2. The third kappa shape index (κ3) is 3.10. The molecule has 0 saturated heterocycles. The van der Waals surface area contributed by atoms with Gasteiger partial charge in [-0.1, -0.05) is 6.07 Å². The number of amides is 1. The van der Waals surface area contributed by atoms with Crippen molar-refractivity contribution in [3.8, 4) is 0 Å². The fraction of sp³-hybridized carbons (Fsp3) is 0.267. The van der Waals surface area contributed by atoms with Crippen molar-refractivity contribution in [2.45, 2.75) is 20.4 Å². The molecule has 0 fully saturated rings. The van der Waals surface area contributed by atoms with Crippen LogP contribution in [0.25, 0.3) is 0 Å². The number of aryl methyl sites for hydroxylation is 2. The molecule has 0 atom stereocenters. The van der Waals surface area contributed by atoms with Crippen LogP contribution < -0.4 is 0 Å². The maximum Gasteiger partial charge on any atom is 0.339 e. The summed E-state index contributed by atoms with van der Waals surface area (Å²) in [6.45, 7) is 3.58. The Balaban J connectivity index is 2.16. The predicted molar refractivity (Wildman–Crippen MR) is 75.2 cm³/mol. The number of pyridine rings is 1. The molecule has 1 N–H and O–H groups in total. The monoisotopic (exact) mass is 288 g/mol. The van der Waals surface area contributed by atoms with E-state index in [1.54, 1.807) is 26.2 Å². The maximum absolute atomic E-state index is 12.3. The summed E-state index contributed by atoms with van der Waals surface area (Å²) in [6.07, 6.45) is 1.56. The Morgan fingerprint density at radius 3 is 2.67 bits per heavy atom. The second-order valence-corrected chi connectivity index (χ2v) is 4.82. The van der Waals surface area contributed by atoms with Gasteiger partial charge < -0.3 is 14.4 Å². The minimum absolute atomic E-state index is 0.111. The van der Waals surface area contributed by atoms with Crippen LogP contribution in [-0.4, -0.2) is 33.9 Å². The lowest BCUT2D eigenvalue weighted by Crippen LogP contribution is -2.27. The normalized spacial score (nSPS) is 10.4. The average molecular weight is 288 g/mol.